The van der Waals surface area contributed by atoms with Crippen LogP contribution in [0.25, 0.3) is 0 Å². The fourth-order valence-corrected chi connectivity index (χ4v) is 8.00. The minimum atomic E-state index is -4.28. The summed E-state index contributed by atoms with van der Waals surface area (Å²) in [5, 5.41) is 0. The van der Waals surface area contributed by atoms with Crippen LogP contribution in [-0.2, 0) is 27.9 Å². The van der Waals surface area contributed by atoms with Gasteiger partial charge >= 0.3 is 13.8 Å². The lowest BCUT2D eigenvalue weighted by molar-refractivity contribution is -0.870. The Morgan fingerprint density at radius 3 is 1.32 bits per heavy atom. The van der Waals surface area contributed by atoms with Gasteiger partial charge in [0.25, 0.3) is 0 Å². The Labute approximate surface area is 390 Å². The van der Waals surface area contributed by atoms with Crippen LogP contribution in [0.2, 0.25) is 0 Å². The average molecular weight is 909 g/mol. The number of hydrogen-bond donors (Lipinski definition) is 1. The Kier molecular flexibility index (Phi) is 45.8. The zero-order valence-corrected chi connectivity index (χ0v) is 43.0. The van der Waals surface area contributed by atoms with Gasteiger partial charge in [-0.1, -0.05) is 197 Å². The van der Waals surface area contributed by atoms with Gasteiger partial charge < -0.3 is 18.9 Å². The predicted octanol–water partition coefficient (Wildman–Crippen LogP) is 16.3. The first-order chi connectivity index (χ1) is 30.6. The monoisotopic (exact) mass is 909 g/mol. The second-order valence-corrected chi connectivity index (χ2v) is 20.4. The van der Waals surface area contributed by atoms with E-state index in [2.05, 4.69) is 62.5 Å². The van der Waals surface area contributed by atoms with Crippen LogP contribution in [0.15, 0.2) is 48.6 Å². The van der Waals surface area contributed by atoms with Crippen molar-refractivity contribution in [2.75, 3.05) is 54.1 Å². The molecule has 0 aliphatic carbocycles. The lowest BCUT2D eigenvalue weighted by atomic mass is 10.0. The van der Waals surface area contributed by atoms with Gasteiger partial charge in [-0.3, -0.25) is 13.8 Å². The predicted molar refractivity (Wildman–Crippen MR) is 270 cm³/mol. The minimum absolute atomic E-state index is 0.0852. The first-order valence-electron chi connectivity index (χ1n) is 26.4. The summed E-state index contributed by atoms with van der Waals surface area (Å²) in [5.74, 6) is -0.326. The number of ether oxygens (including phenoxy) is 2. The normalized spacial score (nSPS) is 13.9. The molecule has 8 nitrogen and oxygen atoms in total. The van der Waals surface area contributed by atoms with Gasteiger partial charge in [0.15, 0.2) is 0 Å². The molecule has 0 rings (SSSR count). The zero-order valence-electron chi connectivity index (χ0n) is 42.1. The summed E-state index contributed by atoms with van der Waals surface area (Å²) in [6.45, 7) is 5.59. The topological polar surface area (TPSA) is 91.3 Å². The Morgan fingerprint density at radius 2 is 0.873 bits per heavy atom. The van der Waals surface area contributed by atoms with Crippen LogP contribution in [0.3, 0.4) is 0 Å². The van der Waals surface area contributed by atoms with Crippen molar-refractivity contribution in [1.82, 2.24) is 0 Å². The Bertz CT molecular complexity index is 1150. The number of quaternary nitrogens is 1. The lowest BCUT2D eigenvalue weighted by Gasteiger charge is -2.24. The van der Waals surface area contributed by atoms with Crippen LogP contribution in [-0.4, -0.2) is 75.6 Å². The van der Waals surface area contributed by atoms with Gasteiger partial charge in [0, 0.05) is 13.0 Å². The molecular weight excluding hydrogens is 806 g/mol. The Hall–Kier alpha value is -1.54. The first kappa shape index (κ1) is 61.5. The molecule has 0 aliphatic heterocycles. The van der Waals surface area contributed by atoms with Gasteiger partial charge in [0.05, 0.1) is 34.4 Å². The number of nitrogens with zero attached hydrogens (tertiary/aromatic N) is 1. The van der Waals surface area contributed by atoms with E-state index < -0.39 is 13.9 Å². The third-order valence-electron chi connectivity index (χ3n) is 11.4. The van der Waals surface area contributed by atoms with Crippen molar-refractivity contribution in [2.45, 2.75) is 238 Å². The van der Waals surface area contributed by atoms with E-state index in [4.69, 9.17) is 18.5 Å². The van der Waals surface area contributed by atoms with E-state index in [1.807, 2.05) is 21.1 Å². The fourth-order valence-electron chi connectivity index (χ4n) is 7.26. The maximum Gasteiger partial charge on any atom is 0.472 e. The van der Waals surface area contributed by atoms with Gasteiger partial charge in [-0.2, -0.15) is 0 Å². The molecule has 0 heterocycles. The standard InChI is InChI=1S/C54H102NO7P/c1-6-8-10-12-14-16-18-20-22-23-24-25-26-27-28-29-30-31-32-34-36-38-40-42-44-46-49-59-51-53(52-61-63(57,58)60-50-48-55(3,4)5)62-54(56)47-45-43-41-39-37-35-33-21-19-17-15-13-11-9-7-2/h15,17-18,20-21,23-24,33,53H,6-14,16,19,22,25-32,34-52H2,1-5H3/p+1/b17-15-,20-18-,24-23-,33-21-. The van der Waals surface area contributed by atoms with Gasteiger partial charge in [-0.15, -0.1) is 0 Å². The van der Waals surface area contributed by atoms with E-state index in [0.29, 0.717) is 24.1 Å². The summed E-state index contributed by atoms with van der Waals surface area (Å²) in [6.07, 6.45) is 58.8. The molecule has 0 radical (unpaired) electrons. The second kappa shape index (κ2) is 47.0. The molecule has 0 fully saturated rings. The molecule has 0 saturated carbocycles. The highest BCUT2D eigenvalue weighted by molar-refractivity contribution is 7.47. The van der Waals surface area contributed by atoms with Gasteiger partial charge in [-0.25, -0.2) is 4.57 Å². The average Bonchev–Trinajstić information content (AvgIpc) is 3.24. The molecule has 63 heavy (non-hydrogen) atoms. The highest BCUT2D eigenvalue weighted by Crippen LogP contribution is 2.43. The number of carbonyl (C=O) groups is 1. The van der Waals surface area contributed by atoms with Crippen molar-refractivity contribution in [2.24, 2.45) is 0 Å². The number of unbranched alkanes of at least 4 members (excludes halogenated alkanes) is 27. The number of carbonyl (C=O) groups excluding carboxylic acids is 1. The molecule has 0 aliphatic rings. The highest BCUT2D eigenvalue weighted by atomic mass is 31.2. The summed E-state index contributed by atoms with van der Waals surface area (Å²) in [7, 11) is 1.66. The van der Waals surface area contributed by atoms with E-state index in [0.717, 1.165) is 64.2 Å². The number of hydrogen-bond acceptors (Lipinski definition) is 6. The molecule has 0 aromatic carbocycles. The van der Waals surface area contributed by atoms with Crippen molar-refractivity contribution >= 4 is 13.8 Å². The fraction of sp³-hybridized carbons (Fsp3) is 0.833. The van der Waals surface area contributed by atoms with Crippen LogP contribution in [0.5, 0.6) is 0 Å². The molecule has 1 N–H and O–H groups in total. The SMILES string of the molecule is CCCCC/C=C\C/C=C\CCCCCCCC(=O)OC(COCCCCCCCCCCCCCCCC/C=C\C/C=C\CCCCCCC)COP(=O)(O)OCC[N+](C)(C)C. The summed E-state index contributed by atoms with van der Waals surface area (Å²) < 4.78 is 35.1. The largest absolute Gasteiger partial charge is 0.472 e. The zero-order chi connectivity index (χ0) is 46.2. The van der Waals surface area contributed by atoms with Crippen LogP contribution in [0.1, 0.15) is 232 Å². The molecule has 0 spiro atoms. The van der Waals surface area contributed by atoms with Crippen LogP contribution in [0, 0.1) is 0 Å². The third-order valence-corrected chi connectivity index (χ3v) is 12.3. The molecule has 2 unspecified atom stereocenters. The lowest BCUT2D eigenvalue weighted by Crippen LogP contribution is -2.37. The summed E-state index contributed by atoms with van der Waals surface area (Å²) in [6, 6.07) is 0. The Morgan fingerprint density at radius 1 is 0.492 bits per heavy atom. The third kappa shape index (κ3) is 51.3. The Balaban J connectivity index is 4.07. The maximum atomic E-state index is 12.7. The van der Waals surface area contributed by atoms with E-state index in [9.17, 15) is 14.3 Å². The van der Waals surface area contributed by atoms with Gasteiger partial charge in [-0.05, 0) is 77.0 Å². The summed E-state index contributed by atoms with van der Waals surface area (Å²) in [5.41, 5.74) is 0. The molecule has 9 heteroatoms. The molecule has 0 amide bonds. The van der Waals surface area contributed by atoms with Gasteiger partial charge in [0.2, 0.25) is 0 Å². The number of phosphoric acid groups is 1. The smallest absolute Gasteiger partial charge is 0.457 e. The number of likely N-dealkylation sites (N-methyl/N-ethyl adjacent to an activating group) is 1. The van der Waals surface area contributed by atoms with Crippen LogP contribution < -0.4 is 0 Å². The van der Waals surface area contributed by atoms with Crippen molar-refractivity contribution in [3.8, 4) is 0 Å². The number of allylic oxidation sites excluding steroid dienone is 8. The van der Waals surface area contributed by atoms with E-state index in [-0.39, 0.29) is 25.8 Å². The number of esters is 1. The van der Waals surface area contributed by atoms with Crippen molar-refractivity contribution in [1.29, 1.82) is 0 Å². The second-order valence-electron chi connectivity index (χ2n) is 18.9. The minimum Gasteiger partial charge on any atom is -0.457 e. The summed E-state index contributed by atoms with van der Waals surface area (Å²) in [4.78, 5) is 23.0. The van der Waals surface area contributed by atoms with E-state index >= 15 is 0 Å². The molecule has 0 aromatic heterocycles. The number of rotatable bonds is 49. The maximum absolute atomic E-state index is 12.7. The summed E-state index contributed by atoms with van der Waals surface area (Å²) >= 11 is 0. The molecule has 2 atom stereocenters. The van der Waals surface area contributed by atoms with Crippen LogP contribution >= 0.6 is 7.82 Å². The van der Waals surface area contributed by atoms with E-state index in [1.165, 1.54) is 148 Å². The van der Waals surface area contributed by atoms with Crippen molar-refractivity contribution in [3.05, 3.63) is 48.6 Å². The van der Waals surface area contributed by atoms with Crippen molar-refractivity contribution in [3.63, 3.8) is 0 Å². The molecule has 0 aromatic rings. The first-order valence-corrected chi connectivity index (χ1v) is 27.9. The quantitative estimate of drug-likeness (QED) is 0.0214. The van der Waals surface area contributed by atoms with Crippen LogP contribution in [0.4, 0.5) is 0 Å². The molecular formula is C54H103NO7P+. The molecule has 370 valence electrons. The van der Waals surface area contributed by atoms with Gasteiger partial charge in [0.1, 0.15) is 19.3 Å². The molecule has 0 bridgehead atoms. The van der Waals surface area contributed by atoms with E-state index in [1.54, 1.807) is 0 Å². The highest BCUT2D eigenvalue weighted by Gasteiger charge is 2.26. The number of phosphoric ester groups is 1. The molecule has 0 saturated heterocycles. The van der Waals surface area contributed by atoms with Crippen molar-refractivity contribution < 1.29 is 37.3 Å².